The second kappa shape index (κ2) is 4.83. The number of nitrogens with zero attached hydrogens (tertiary/aromatic N) is 1. The van der Waals surface area contributed by atoms with Gasteiger partial charge in [-0.05, 0) is 24.3 Å². The van der Waals surface area contributed by atoms with Gasteiger partial charge in [0.1, 0.15) is 0 Å². The maximum Gasteiger partial charge on any atom is 0.0772 e. The number of halogens is 2. The van der Waals surface area contributed by atoms with E-state index in [4.69, 9.17) is 23.2 Å². The zero-order valence-corrected chi connectivity index (χ0v) is 9.83. The van der Waals surface area contributed by atoms with E-state index >= 15 is 0 Å². The van der Waals surface area contributed by atoms with Crippen LogP contribution in [0.25, 0.3) is 11.3 Å². The van der Waals surface area contributed by atoms with Gasteiger partial charge in [0.05, 0.1) is 17.3 Å². The molecule has 82 valence electrons. The molecule has 16 heavy (non-hydrogen) atoms. The number of rotatable bonds is 2. The fourth-order valence-corrected chi connectivity index (χ4v) is 1.99. The van der Waals surface area contributed by atoms with Crippen molar-refractivity contribution >= 4 is 23.2 Å². The average molecular weight is 254 g/mol. The summed E-state index contributed by atoms with van der Waals surface area (Å²) >= 11 is 11.9. The van der Waals surface area contributed by atoms with Crippen molar-refractivity contribution in [2.75, 3.05) is 0 Å². The first kappa shape index (κ1) is 11.4. The first-order chi connectivity index (χ1) is 7.72. The van der Waals surface area contributed by atoms with Gasteiger partial charge in [0.2, 0.25) is 0 Å². The van der Waals surface area contributed by atoms with Crippen LogP contribution in [0.3, 0.4) is 0 Å². The summed E-state index contributed by atoms with van der Waals surface area (Å²) in [7, 11) is 0. The molecule has 0 aliphatic rings. The summed E-state index contributed by atoms with van der Waals surface area (Å²) in [5.74, 6) is 0. The lowest BCUT2D eigenvalue weighted by Gasteiger charge is -2.08. The fourth-order valence-electron chi connectivity index (χ4n) is 1.49. The molecule has 2 rings (SSSR count). The lowest BCUT2D eigenvalue weighted by molar-refractivity contribution is 0.282. The highest BCUT2D eigenvalue weighted by atomic mass is 35.5. The fraction of sp³-hybridized carbons (Fsp3) is 0.0833. The van der Waals surface area contributed by atoms with Gasteiger partial charge in [-0.1, -0.05) is 29.3 Å². The molecule has 0 bridgehead atoms. The topological polar surface area (TPSA) is 33.1 Å². The molecule has 0 aliphatic heterocycles. The van der Waals surface area contributed by atoms with Gasteiger partial charge in [-0.15, -0.1) is 0 Å². The summed E-state index contributed by atoms with van der Waals surface area (Å²) in [6, 6.07) is 8.80. The SMILES string of the molecule is OCc1cccnc1-c1ccc(Cl)cc1Cl. The molecule has 2 aromatic rings. The van der Waals surface area contributed by atoms with Crippen LogP contribution in [-0.2, 0) is 6.61 Å². The van der Waals surface area contributed by atoms with Crippen molar-refractivity contribution in [3.63, 3.8) is 0 Å². The van der Waals surface area contributed by atoms with Crippen molar-refractivity contribution in [2.24, 2.45) is 0 Å². The minimum Gasteiger partial charge on any atom is -0.392 e. The minimum absolute atomic E-state index is 0.0673. The number of aromatic nitrogens is 1. The monoisotopic (exact) mass is 253 g/mol. The zero-order valence-electron chi connectivity index (χ0n) is 8.32. The summed E-state index contributed by atoms with van der Waals surface area (Å²) in [4.78, 5) is 4.22. The van der Waals surface area contributed by atoms with E-state index in [2.05, 4.69) is 4.98 Å². The Morgan fingerprint density at radius 3 is 2.69 bits per heavy atom. The molecule has 4 heteroatoms. The van der Waals surface area contributed by atoms with Gasteiger partial charge in [0.25, 0.3) is 0 Å². The molecule has 0 aliphatic carbocycles. The van der Waals surface area contributed by atoms with Crippen LogP contribution in [0.15, 0.2) is 36.5 Å². The lowest BCUT2D eigenvalue weighted by atomic mass is 10.1. The first-order valence-corrected chi connectivity index (χ1v) is 5.48. The van der Waals surface area contributed by atoms with Crippen molar-refractivity contribution < 1.29 is 5.11 Å². The Bertz CT molecular complexity index is 514. The Morgan fingerprint density at radius 2 is 2.00 bits per heavy atom. The highest BCUT2D eigenvalue weighted by molar-refractivity contribution is 6.36. The molecule has 1 heterocycles. The van der Waals surface area contributed by atoms with Crippen LogP contribution in [0, 0.1) is 0 Å². The van der Waals surface area contributed by atoms with Crippen molar-refractivity contribution in [2.45, 2.75) is 6.61 Å². The zero-order chi connectivity index (χ0) is 11.5. The van der Waals surface area contributed by atoms with E-state index in [9.17, 15) is 5.11 Å². The Labute approximate surface area is 103 Å². The van der Waals surface area contributed by atoms with Gasteiger partial charge in [0.15, 0.2) is 0 Å². The minimum atomic E-state index is -0.0673. The third-order valence-electron chi connectivity index (χ3n) is 2.25. The normalized spacial score (nSPS) is 10.4. The van der Waals surface area contributed by atoms with E-state index in [0.717, 1.165) is 11.1 Å². The van der Waals surface area contributed by atoms with Crippen LogP contribution in [0.4, 0.5) is 0 Å². The Morgan fingerprint density at radius 1 is 1.19 bits per heavy atom. The van der Waals surface area contributed by atoms with Crippen molar-refractivity contribution in [1.82, 2.24) is 4.98 Å². The molecule has 0 radical (unpaired) electrons. The van der Waals surface area contributed by atoms with Gasteiger partial charge in [-0.2, -0.15) is 0 Å². The highest BCUT2D eigenvalue weighted by Gasteiger charge is 2.09. The van der Waals surface area contributed by atoms with Crippen molar-refractivity contribution in [3.8, 4) is 11.3 Å². The third-order valence-corrected chi connectivity index (χ3v) is 2.80. The molecule has 1 aromatic carbocycles. The Hall–Kier alpha value is -1.09. The predicted molar refractivity (Wildman–Crippen MR) is 65.6 cm³/mol. The van der Waals surface area contributed by atoms with Crippen LogP contribution < -0.4 is 0 Å². The number of aliphatic hydroxyl groups excluding tert-OH is 1. The molecule has 0 unspecified atom stereocenters. The van der Waals surface area contributed by atoms with E-state index in [1.165, 1.54) is 0 Å². The number of hydrogen-bond acceptors (Lipinski definition) is 2. The van der Waals surface area contributed by atoms with E-state index in [0.29, 0.717) is 15.7 Å². The summed E-state index contributed by atoms with van der Waals surface area (Å²) in [6.45, 7) is -0.0673. The van der Waals surface area contributed by atoms with Crippen molar-refractivity contribution in [3.05, 3.63) is 52.1 Å². The molecular formula is C12H9Cl2NO. The van der Waals surface area contributed by atoms with Gasteiger partial charge in [-0.3, -0.25) is 4.98 Å². The summed E-state index contributed by atoms with van der Waals surface area (Å²) in [6.07, 6.45) is 1.67. The average Bonchev–Trinajstić information content (AvgIpc) is 2.29. The predicted octanol–water partition coefficient (Wildman–Crippen LogP) is 3.55. The van der Waals surface area contributed by atoms with Gasteiger partial charge < -0.3 is 5.11 Å². The van der Waals surface area contributed by atoms with Crippen molar-refractivity contribution in [1.29, 1.82) is 0 Å². The van der Waals surface area contributed by atoms with Crippen LogP contribution >= 0.6 is 23.2 Å². The Balaban J connectivity index is 2.58. The van der Waals surface area contributed by atoms with Crippen LogP contribution in [0.5, 0.6) is 0 Å². The Kier molecular flexibility index (Phi) is 3.44. The molecule has 0 spiro atoms. The van der Waals surface area contributed by atoms with E-state index in [1.54, 1.807) is 30.5 Å². The molecule has 2 nitrogen and oxygen atoms in total. The maximum atomic E-state index is 9.22. The number of aliphatic hydroxyl groups is 1. The standard InChI is InChI=1S/C12H9Cl2NO/c13-9-3-4-10(11(14)6-9)12-8(7-16)2-1-5-15-12/h1-6,16H,7H2. The van der Waals surface area contributed by atoms with Crippen LogP contribution in [0.1, 0.15) is 5.56 Å². The van der Waals surface area contributed by atoms with E-state index in [-0.39, 0.29) is 6.61 Å². The summed E-state index contributed by atoms with van der Waals surface area (Å²) in [5.41, 5.74) is 2.20. The number of pyridine rings is 1. The van der Waals surface area contributed by atoms with Gasteiger partial charge in [-0.25, -0.2) is 0 Å². The molecule has 0 amide bonds. The summed E-state index contributed by atoms with van der Waals surface area (Å²) < 4.78 is 0. The lowest BCUT2D eigenvalue weighted by Crippen LogP contribution is -1.92. The highest BCUT2D eigenvalue weighted by Crippen LogP contribution is 2.30. The second-order valence-corrected chi connectivity index (χ2v) is 4.14. The number of hydrogen-bond donors (Lipinski definition) is 1. The molecule has 0 fully saturated rings. The second-order valence-electron chi connectivity index (χ2n) is 3.29. The first-order valence-electron chi connectivity index (χ1n) is 4.72. The third kappa shape index (κ3) is 2.19. The van der Waals surface area contributed by atoms with Gasteiger partial charge >= 0.3 is 0 Å². The van der Waals surface area contributed by atoms with E-state index < -0.39 is 0 Å². The van der Waals surface area contributed by atoms with E-state index in [1.807, 2.05) is 6.07 Å². The molecule has 1 N–H and O–H groups in total. The molecule has 0 saturated heterocycles. The molecule has 0 atom stereocenters. The summed E-state index contributed by atoms with van der Waals surface area (Å²) in [5, 5.41) is 10.3. The van der Waals surface area contributed by atoms with Crippen LogP contribution in [0.2, 0.25) is 10.0 Å². The smallest absolute Gasteiger partial charge is 0.0772 e. The molecule has 1 aromatic heterocycles. The largest absolute Gasteiger partial charge is 0.392 e. The van der Waals surface area contributed by atoms with Crippen LogP contribution in [-0.4, -0.2) is 10.1 Å². The maximum absolute atomic E-state index is 9.22. The number of benzene rings is 1. The van der Waals surface area contributed by atoms with Gasteiger partial charge in [0, 0.05) is 22.3 Å². The molecule has 0 saturated carbocycles. The molecular weight excluding hydrogens is 245 g/mol. The quantitative estimate of drug-likeness (QED) is 0.888.